The molecule has 0 aliphatic carbocycles. The van der Waals surface area contributed by atoms with Crippen molar-refractivity contribution in [2.24, 2.45) is 0 Å². The van der Waals surface area contributed by atoms with E-state index in [0.717, 1.165) is 18.4 Å². The summed E-state index contributed by atoms with van der Waals surface area (Å²) in [4.78, 5) is 27.3. The van der Waals surface area contributed by atoms with E-state index < -0.39 is 16.1 Å². The summed E-state index contributed by atoms with van der Waals surface area (Å²) in [5.74, 6) is -0.559. The first kappa shape index (κ1) is 19.6. The van der Waals surface area contributed by atoms with E-state index in [2.05, 4.69) is 5.32 Å². The van der Waals surface area contributed by atoms with Gasteiger partial charge < -0.3 is 5.32 Å². The Morgan fingerprint density at radius 1 is 1.00 bits per heavy atom. The summed E-state index contributed by atoms with van der Waals surface area (Å²) in [5.41, 5.74) is 1.98. The highest BCUT2D eigenvalue weighted by Crippen LogP contribution is 2.33. The van der Waals surface area contributed by atoms with E-state index in [1.165, 1.54) is 33.5 Å². The second-order valence-corrected chi connectivity index (χ2v) is 9.21. The quantitative estimate of drug-likeness (QED) is 0.828. The molecule has 152 valence electrons. The maximum absolute atomic E-state index is 13.2. The molecule has 2 aromatic carbocycles. The fourth-order valence-corrected chi connectivity index (χ4v) is 5.52. The van der Waals surface area contributed by atoms with Gasteiger partial charge in [-0.1, -0.05) is 18.2 Å². The molecule has 8 heteroatoms. The van der Waals surface area contributed by atoms with E-state index in [4.69, 9.17) is 0 Å². The number of hydrogen-bond donors (Lipinski definition) is 1. The highest BCUT2D eigenvalue weighted by Gasteiger charge is 2.38. The molecule has 1 fully saturated rings. The van der Waals surface area contributed by atoms with E-state index >= 15 is 0 Å². The molecule has 7 nitrogen and oxygen atoms in total. The monoisotopic (exact) mass is 413 g/mol. The fourth-order valence-electron chi connectivity index (χ4n) is 4.00. The predicted octanol–water partition coefficient (Wildman–Crippen LogP) is 1.79. The van der Waals surface area contributed by atoms with Gasteiger partial charge in [0.2, 0.25) is 15.9 Å². The van der Waals surface area contributed by atoms with Gasteiger partial charge in [-0.2, -0.15) is 4.31 Å². The molecule has 0 radical (unpaired) electrons. The molecule has 2 amide bonds. The van der Waals surface area contributed by atoms with Crippen LogP contribution < -0.4 is 10.2 Å². The highest BCUT2D eigenvalue weighted by molar-refractivity contribution is 7.89. The Morgan fingerprint density at radius 3 is 2.31 bits per heavy atom. The zero-order chi connectivity index (χ0) is 20.6. The number of carbonyl (C=O) groups is 2. The minimum Gasteiger partial charge on any atom is -0.357 e. The lowest BCUT2D eigenvalue weighted by Gasteiger charge is -2.24. The molecule has 2 aliphatic heterocycles. The van der Waals surface area contributed by atoms with Crippen molar-refractivity contribution in [1.29, 1.82) is 0 Å². The van der Waals surface area contributed by atoms with Crippen LogP contribution >= 0.6 is 0 Å². The van der Waals surface area contributed by atoms with Crippen molar-refractivity contribution in [3.05, 3.63) is 59.7 Å². The lowest BCUT2D eigenvalue weighted by molar-refractivity contribution is -0.121. The van der Waals surface area contributed by atoms with Crippen molar-refractivity contribution < 1.29 is 18.0 Å². The summed E-state index contributed by atoms with van der Waals surface area (Å²) >= 11 is 0. The van der Waals surface area contributed by atoms with Crippen molar-refractivity contribution in [2.45, 2.75) is 30.2 Å². The van der Waals surface area contributed by atoms with Crippen molar-refractivity contribution in [3.63, 3.8) is 0 Å². The molecule has 2 aromatic rings. The summed E-state index contributed by atoms with van der Waals surface area (Å²) in [5, 5.41) is 2.62. The normalized spacial score (nSPS) is 19.2. The van der Waals surface area contributed by atoms with Crippen molar-refractivity contribution >= 4 is 27.5 Å². The molecule has 1 atom stereocenters. The van der Waals surface area contributed by atoms with Crippen LogP contribution in [0.1, 0.15) is 28.8 Å². The maximum Gasteiger partial charge on any atom is 0.259 e. The maximum atomic E-state index is 13.2. The molecule has 29 heavy (non-hydrogen) atoms. The molecule has 0 bridgehead atoms. The van der Waals surface area contributed by atoms with Gasteiger partial charge in [0.05, 0.1) is 4.90 Å². The summed E-state index contributed by atoms with van der Waals surface area (Å²) in [6, 6.07) is 12.8. The molecule has 0 saturated carbocycles. The number of para-hydroxylation sites is 1. The third-order valence-electron chi connectivity index (χ3n) is 5.55. The van der Waals surface area contributed by atoms with Gasteiger partial charge in [0.1, 0.15) is 6.04 Å². The smallest absolute Gasteiger partial charge is 0.259 e. The van der Waals surface area contributed by atoms with Crippen molar-refractivity contribution in [1.82, 2.24) is 9.62 Å². The van der Waals surface area contributed by atoms with Crippen LogP contribution in [0.25, 0.3) is 0 Å². The third kappa shape index (κ3) is 3.42. The van der Waals surface area contributed by atoms with Crippen LogP contribution in [0.4, 0.5) is 5.69 Å². The number of benzene rings is 2. The molecule has 1 unspecified atom stereocenters. The molecule has 2 heterocycles. The largest absolute Gasteiger partial charge is 0.357 e. The van der Waals surface area contributed by atoms with Gasteiger partial charge in [0, 0.05) is 37.8 Å². The Balaban J connectivity index is 1.64. The standard InChI is InChI=1S/C21H23N3O4S/c1-22-20(25)19-14-16-6-2-3-7-18(16)24(19)21(26)15-8-10-17(11-9-15)29(27,28)23-12-4-5-13-23/h2-3,6-11,19H,4-5,12-14H2,1H3,(H,22,25). The van der Waals surface area contributed by atoms with Gasteiger partial charge in [-0.3, -0.25) is 14.5 Å². The van der Waals surface area contributed by atoms with Gasteiger partial charge in [-0.15, -0.1) is 0 Å². The van der Waals surface area contributed by atoms with Gasteiger partial charge in [-0.25, -0.2) is 8.42 Å². The van der Waals surface area contributed by atoms with Crippen LogP contribution in [0.3, 0.4) is 0 Å². The van der Waals surface area contributed by atoms with Crippen LogP contribution in [-0.4, -0.2) is 50.7 Å². The number of sulfonamides is 1. The third-order valence-corrected chi connectivity index (χ3v) is 7.46. The number of amides is 2. The predicted molar refractivity (Wildman–Crippen MR) is 109 cm³/mol. The van der Waals surface area contributed by atoms with E-state index in [9.17, 15) is 18.0 Å². The molecule has 4 rings (SSSR count). The molecule has 0 aromatic heterocycles. The molecular weight excluding hydrogens is 390 g/mol. The number of rotatable bonds is 4. The Kier molecular flexibility index (Phi) is 5.14. The topological polar surface area (TPSA) is 86.8 Å². The minimum atomic E-state index is -3.53. The van der Waals surface area contributed by atoms with Crippen LogP contribution in [0.2, 0.25) is 0 Å². The summed E-state index contributed by atoms with van der Waals surface area (Å²) < 4.78 is 26.9. The van der Waals surface area contributed by atoms with Crippen molar-refractivity contribution in [2.75, 3.05) is 25.0 Å². The molecule has 0 spiro atoms. The SMILES string of the molecule is CNC(=O)C1Cc2ccccc2N1C(=O)c1ccc(S(=O)(=O)N2CCCC2)cc1. The second-order valence-electron chi connectivity index (χ2n) is 7.27. The van der Waals surface area contributed by atoms with Gasteiger partial charge in [-0.05, 0) is 48.7 Å². The molecular formula is C21H23N3O4S. The Bertz CT molecular complexity index is 1040. The average molecular weight is 413 g/mol. The van der Waals surface area contributed by atoms with E-state index in [1.807, 2.05) is 24.3 Å². The molecule has 1 saturated heterocycles. The zero-order valence-electron chi connectivity index (χ0n) is 16.2. The molecule has 2 aliphatic rings. The van der Waals surface area contributed by atoms with E-state index in [0.29, 0.717) is 30.8 Å². The Labute approximate surface area is 170 Å². The van der Waals surface area contributed by atoms with E-state index in [1.54, 1.807) is 7.05 Å². The number of hydrogen-bond acceptors (Lipinski definition) is 4. The van der Waals surface area contributed by atoms with E-state index in [-0.39, 0.29) is 16.7 Å². The van der Waals surface area contributed by atoms with Gasteiger partial charge in [0.25, 0.3) is 5.91 Å². The highest BCUT2D eigenvalue weighted by atomic mass is 32.2. The summed E-state index contributed by atoms with van der Waals surface area (Å²) in [6.07, 6.45) is 2.18. The Hall–Kier alpha value is -2.71. The van der Waals surface area contributed by atoms with Crippen LogP contribution in [0, 0.1) is 0 Å². The number of likely N-dealkylation sites (N-methyl/N-ethyl adjacent to an activating group) is 1. The lowest BCUT2D eigenvalue weighted by Crippen LogP contribution is -2.47. The fraction of sp³-hybridized carbons (Fsp3) is 0.333. The van der Waals surface area contributed by atoms with Crippen molar-refractivity contribution in [3.8, 4) is 0 Å². The number of nitrogens with one attached hydrogen (secondary N) is 1. The van der Waals surface area contributed by atoms with Gasteiger partial charge >= 0.3 is 0 Å². The lowest BCUT2D eigenvalue weighted by atomic mass is 10.1. The number of fused-ring (bicyclic) bond motifs is 1. The van der Waals surface area contributed by atoms with Gasteiger partial charge in [0.15, 0.2) is 0 Å². The average Bonchev–Trinajstić information content (AvgIpc) is 3.41. The van der Waals surface area contributed by atoms with Crippen LogP contribution in [0.15, 0.2) is 53.4 Å². The first-order valence-electron chi connectivity index (χ1n) is 9.67. The number of anilines is 1. The summed E-state index contributed by atoms with van der Waals surface area (Å²) in [6.45, 7) is 1.06. The Morgan fingerprint density at radius 2 is 1.66 bits per heavy atom. The second kappa shape index (κ2) is 7.61. The first-order chi connectivity index (χ1) is 13.9. The first-order valence-corrected chi connectivity index (χ1v) is 11.1. The minimum absolute atomic E-state index is 0.181. The summed E-state index contributed by atoms with van der Waals surface area (Å²) in [7, 11) is -1.99. The zero-order valence-corrected chi connectivity index (χ0v) is 17.0. The van der Waals surface area contributed by atoms with Crippen LogP contribution in [0.5, 0.6) is 0 Å². The molecule has 1 N–H and O–H groups in total. The number of carbonyl (C=O) groups excluding carboxylic acids is 2. The van der Waals surface area contributed by atoms with Crippen LogP contribution in [-0.2, 0) is 21.2 Å². The number of nitrogens with zero attached hydrogens (tertiary/aromatic N) is 2.